The van der Waals surface area contributed by atoms with Gasteiger partial charge in [0.15, 0.2) is 7.14 Å². The van der Waals surface area contributed by atoms with Crippen LogP contribution in [-0.2, 0) is 0 Å². The molecule has 0 nitrogen and oxygen atoms in total. The fraction of sp³-hybridized carbons (Fsp3) is 0.143. The molecule has 0 aliphatic carbocycles. The minimum absolute atomic E-state index is 0. The van der Waals surface area contributed by atoms with Gasteiger partial charge < -0.3 is 4.70 Å². The number of benzene rings is 2. The summed E-state index contributed by atoms with van der Waals surface area (Å²) in [5.74, 6) is 0. The molecule has 2 rings (SSSR count). The molecule has 2 aromatic rings. The average molecular weight is 498 g/mol. The van der Waals surface area contributed by atoms with Gasteiger partial charge in [-0.05, 0) is 38.1 Å². The molecule has 2 aromatic carbocycles. The third-order valence-electron chi connectivity index (χ3n) is 2.24. The van der Waals surface area contributed by atoms with E-state index in [1.54, 1.807) is 0 Å². The molecule has 0 amide bonds. The molecule has 0 saturated carbocycles. The van der Waals surface area contributed by atoms with Gasteiger partial charge in [-0.3, -0.25) is 0 Å². The predicted octanol–water partition coefficient (Wildman–Crippen LogP) is -0.844. The first kappa shape index (κ1) is 21.3. The number of rotatable bonds is 2. The predicted molar refractivity (Wildman–Crippen MR) is 71.0 cm³/mol. The van der Waals surface area contributed by atoms with E-state index in [1.165, 1.54) is 18.3 Å². The van der Waals surface area contributed by atoms with Crippen molar-refractivity contribution in [1.82, 2.24) is 0 Å². The van der Waals surface area contributed by atoms with Gasteiger partial charge in [0, 0.05) is 0 Å². The van der Waals surface area contributed by atoms with Crippen molar-refractivity contribution in [2.45, 2.75) is 13.8 Å². The second kappa shape index (κ2) is 8.24. The molecule has 0 atom stereocenters. The van der Waals surface area contributed by atoms with Crippen molar-refractivity contribution in [2.24, 2.45) is 0 Å². The van der Waals surface area contributed by atoms with Gasteiger partial charge in [-0.25, -0.2) is 0 Å². The fourth-order valence-electron chi connectivity index (χ4n) is 1.32. The zero-order valence-corrected chi connectivity index (χ0v) is 15.7. The molecular weight excluding hydrogens is 484 g/mol. The van der Waals surface area contributed by atoms with Crippen LogP contribution < -0.4 is 25.9 Å². The van der Waals surface area contributed by atoms with Crippen molar-refractivity contribution in [2.75, 3.05) is 0 Å². The summed E-state index contributed by atoms with van der Waals surface area (Å²) in [6.07, 6.45) is 0. The van der Waals surface area contributed by atoms with Crippen LogP contribution >= 0.6 is 0 Å². The van der Waals surface area contributed by atoms with E-state index in [-0.39, 0.29) is 25.9 Å². The maximum atomic E-state index is 9.89. The molecule has 0 aromatic heterocycles. The van der Waals surface area contributed by atoms with Gasteiger partial charge in [0.25, 0.3) is 0 Å². The van der Waals surface area contributed by atoms with Crippen molar-refractivity contribution < 1.29 is 43.2 Å². The summed E-state index contributed by atoms with van der Waals surface area (Å²) in [7, 11) is 0. The molecular formula is C14H14AsF6I. The van der Waals surface area contributed by atoms with Gasteiger partial charge >= 0.3 is 53.3 Å². The summed E-state index contributed by atoms with van der Waals surface area (Å²) in [5, 5.41) is 0. The van der Waals surface area contributed by atoms with Crippen LogP contribution in [0.4, 0.5) is 17.3 Å². The molecule has 0 saturated heterocycles. The van der Waals surface area contributed by atoms with Crippen molar-refractivity contribution in [3.8, 4) is 0 Å². The molecule has 0 heterocycles. The van der Waals surface area contributed by atoms with E-state index in [4.69, 9.17) is 0 Å². The third kappa shape index (κ3) is 11.9. The second-order valence-corrected chi connectivity index (χ2v) is 10.0. The first-order chi connectivity index (χ1) is 9.47. The SMILES string of the molecule is Cc1ccc([I+]c2ccc(C)cc2)cc1.F[As](F)(F)(F)F.[F-]. The van der Waals surface area contributed by atoms with E-state index in [9.17, 15) is 17.3 Å². The average Bonchev–Trinajstić information content (AvgIpc) is 2.32. The number of hydrogen-bond donors (Lipinski definition) is 0. The summed E-state index contributed by atoms with van der Waals surface area (Å²) in [6.45, 7) is 4.27. The van der Waals surface area contributed by atoms with E-state index in [2.05, 4.69) is 62.4 Å². The Bertz CT molecular complexity index is 515. The van der Waals surface area contributed by atoms with Crippen LogP contribution in [0.3, 0.4) is 0 Å². The Kier molecular flexibility index (Phi) is 7.98. The van der Waals surface area contributed by atoms with Crippen molar-refractivity contribution in [3.63, 3.8) is 0 Å². The number of hydrogen-bond acceptors (Lipinski definition) is 0. The summed E-state index contributed by atoms with van der Waals surface area (Å²) < 4.78 is 52.4. The minimum atomic E-state index is -8.99. The Morgan fingerprint density at radius 3 is 1.09 bits per heavy atom. The fourth-order valence-corrected chi connectivity index (χ4v) is 3.48. The van der Waals surface area contributed by atoms with Crippen LogP contribution in [0, 0.1) is 21.0 Å². The van der Waals surface area contributed by atoms with E-state index in [0.29, 0.717) is 0 Å². The smallest absolute Gasteiger partial charge is 1.00 e. The van der Waals surface area contributed by atoms with Crippen molar-refractivity contribution >= 4 is 14.8 Å². The Labute approximate surface area is 138 Å². The van der Waals surface area contributed by atoms with E-state index >= 15 is 0 Å². The Morgan fingerprint density at radius 2 is 0.864 bits per heavy atom. The van der Waals surface area contributed by atoms with Crippen LogP contribution in [0.25, 0.3) is 0 Å². The Morgan fingerprint density at radius 1 is 0.636 bits per heavy atom. The largest absolute Gasteiger partial charge is 1.00 e. The standard InChI is InChI=1S/C14H14I.AsF5.FH/c1-11-3-7-13(8-4-11)15-14-9-5-12(2)6-10-14;2-1(3,4,5)6;/h3-10H,1-2H3;;1H/q+1;;/p-1. The van der Waals surface area contributed by atoms with Crippen LogP contribution in [0.1, 0.15) is 11.1 Å². The van der Waals surface area contributed by atoms with Crippen molar-refractivity contribution in [3.05, 3.63) is 66.8 Å². The molecule has 22 heavy (non-hydrogen) atoms. The monoisotopic (exact) mass is 498 g/mol. The molecule has 0 fully saturated rings. The Balaban J connectivity index is 0.000000546. The maximum absolute atomic E-state index is 9.89. The second-order valence-electron chi connectivity index (χ2n) is 4.32. The first-order valence-electron chi connectivity index (χ1n) is 5.87. The van der Waals surface area contributed by atoms with Gasteiger partial charge in [-0.2, -0.15) is 0 Å². The molecule has 0 aliphatic heterocycles. The van der Waals surface area contributed by atoms with Gasteiger partial charge in [0.1, 0.15) is 0 Å². The topological polar surface area (TPSA) is 0 Å². The van der Waals surface area contributed by atoms with Crippen LogP contribution in [0.2, 0.25) is 0 Å². The number of halogens is 7. The summed E-state index contributed by atoms with van der Waals surface area (Å²) in [4.78, 5) is 0. The Hall–Kier alpha value is -0.692. The molecule has 0 spiro atoms. The quantitative estimate of drug-likeness (QED) is 0.288. The normalized spacial score (nSPS) is 12.2. The van der Waals surface area contributed by atoms with Gasteiger partial charge in [-0.1, -0.05) is 35.4 Å². The van der Waals surface area contributed by atoms with Crippen LogP contribution in [0.5, 0.6) is 0 Å². The van der Waals surface area contributed by atoms with Gasteiger partial charge in [-0.15, -0.1) is 0 Å². The van der Waals surface area contributed by atoms with Crippen LogP contribution in [-0.4, -0.2) is 14.8 Å². The van der Waals surface area contributed by atoms with Crippen LogP contribution in [0.15, 0.2) is 48.5 Å². The van der Waals surface area contributed by atoms with E-state index in [1.807, 2.05) is 0 Å². The van der Waals surface area contributed by atoms with E-state index < -0.39 is 14.8 Å². The number of aryl methyl sites for hydroxylation is 2. The minimum Gasteiger partial charge on any atom is -1.00 e. The van der Waals surface area contributed by atoms with Gasteiger partial charge in [0.05, 0.1) is 0 Å². The van der Waals surface area contributed by atoms with Crippen molar-refractivity contribution in [1.29, 1.82) is 0 Å². The molecule has 0 unspecified atom stereocenters. The summed E-state index contributed by atoms with van der Waals surface area (Å²) >= 11 is -8.98. The summed E-state index contributed by atoms with van der Waals surface area (Å²) in [6, 6.07) is 17.8. The molecule has 0 bridgehead atoms. The van der Waals surface area contributed by atoms with E-state index in [0.717, 1.165) is 0 Å². The maximum Gasteiger partial charge on any atom is -1.00 e. The molecule has 8 heteroatoms. The molecule has 0 N–H and O–H groups in total. The third-order valence-corrected chi connectivity index (χ3v) is 4.92. The molecule has 0 aliphatic rings. The zero-order chi connectivity index (χ0) is 16.1. The molecule has 124 valence electrons. The van der Waals surface area contributed by atoms with Gasteiger partial charge in [0.2, 0.25) is 0 Å². The zero-order valence-electron chi connectivity index (χ0n) is 11.7. The molecule has 0 radical (unpaired) electrons. The summed E-state index contributed by atoms with van der Waals surface area (Å²) in [5.41, 5.74) is 2.68. The first-order valence-corrected chi connectivity index (χ1v) is 11.6.